The topological polar surface area (TPSA) is 73.2 Å². The van der Waals surface area contributed by atoms with E-state index in [9.17, 15) is 14.0 Å². The van der Waals surface area contributed by atoms with Crippen molar-refractivity contribution in [1.82, 2.24) is 15.1 Å². The Labute approximate surface area is 161 Å². The molecule has 0 fully saturated rings. The van der Waals surface area contributed by atoms with Crippen molar-refractivity contribution in [2.75, 3.05) is 0 Å². The Morgan fingerprint density at radius 3 is 2.50 bits per heavy atom. The highest BCUT2D eigenvalue weighted by molar-refractivity contribution is 5.81. The molecule has 1 atom stereocenters. The molecule has 3 rings (SSSR count). The van der Waals surface area contributed by atoms with Crippen molar-refractivity contribution >= 4 is 5.91 Å². The molecule has 0 unspecified atom stereocenters. The molecule has 0 saturated carbocycles. The smallest absolute Gasteiger partial charge is 0.271 e. The first kappa shape index (κ1) is 19.3. The summed E-state index contributed by atoms with van der Waals surface area (Å²) in [5.74, 6) is -0.552. The summed E-state index contributed by atoms with van der Waals surface area (Å²) in [4.78, 5) is 24.5. The van der Waals surface area contributed by atoms with Gasteiger partial charge in [-0.2, -0.15) is 4.68 Å². The van der Waals surface area contributed by atoms with Crippen LogP contribution in [0.15, 0.2) is 71.5 Å². The van der Waals surface area contributed by atoms with E-state index in [2.05, 4.69) is 10.4 Å². The zero-order chi connectivity index (χ0) is 19.9. The number of carbonyl (C=O) groups is 1. The summed E-state index contributed by atoms with van der Waals surface area (Å²) >= 11 is 0. The van der Waals surface area contributed by atoms with Crippen LogP contribution in [0.4, 0.5) is 4.39 Å². The highest BCUT2D eigenvalue weighted by Gasteiger charge is 2.19. The largest absolute Gasteiger partial charge is 0.463 e. The first-order valence-corrected chi connectivity index (χ1v) is 8.91. The predicted molar refractivity (Wildman–Crippen MR) is 103 cm³/mol. The summed E-state index contributed by atoms with van der Waals surface area (Å²) in [7, 11) is 0. The maximum atomic E-state index is 13.1. The average molecular weight is 381 g/mol. The van der Waals surface area contributed by atoms with Gasteiger partial charge in [0.25, 0.3) is 11.5 Å². The van der Waals surface area contributed by atoms with Gasteiger partial charge < -0.3 is 10.1 Å². The predicted octanol–water partition coefficient (Wildman–Crippen LogP) is 2.85. The Morgan fingerprint density at radius 2 is 1.82 bits per heavy atom. The van der Waals surface area contributed by atoms with Crippen molar-refractivity contribution in [2.45, 2.75) is 26.0 Å². The minimum atomic E-state index is -0.754. The Kier molecular flexibility index (Phi) is 6.16. The fourth-order valence-electron chi connectivity index (χ4n) is 2.59. The number of benzene rings is 2. The number of halogens is 1. The highest BCUT2D eigenvalue weighted by atomic mass is 19.1. The second-order valence-corrected chi connectivity index (χ2v) is 6.12. The lowest BCUT2D eigenvalue weighted by atomic mass is 10.2. The van der Waals surface area contributed by atoms with E-state index in [0.29, 0.717) is 18.7 Å². The number of carbonyl (C=O) groups excluding carboxylic acids is 1. The molecule has 0 aliphatic heterocycles. The molecule has 1 N–H and O–H groups in total. The van der Waals surface area contributed by atoms with E-state index in [1.807, 2.05) is 37.3 Å². The first-order valence-electron chi connectivity index (χ1n) is 8.91. The highest BCUT2D eigenvalue weighted by Crippen LogP contribution is 2.11. The van der Waals surface area contributed by atoms with Crippen LogP contribution >= 0.6 is 0 Å². The molecule has 0 aliphatic carbocycles. The molecule has 0 aliphatic rings. The SMILES string of the molecule is CC[C@H](Oc1ccc(=O)n(-c2ccc(F)cc2)n1)C(=O)NCc1ccccc1. The number of hydrogen-bond donors (Lipinski definition) is 1. The number of rotatable bonds is 7. The third-order valence-electron chi connectivity index (χ3n) is 4.08. The molecular formula is C21H20FN3O3. The van der Waals surface area contributed by atoms with E-state index in [0.717, 1.165) is 10.2 Å². The fraction of sp³-hybridized carbons (Fsp3) is 0.190. The minimum Gasteiger partial charge on any atom is -0.463 e. The van der Waals surface area contributed by atoms with Crippen LogP contribution in [0.2, 0.25) is 0 Å². The molecule has 0 radical (unpaired) electrons. The van der Waals surface area contributed by atoms with Gasteiger partial charge in [0.15, 0.2) is 6.10 Å². The normalized spacial score (nSPS) is 11.6. The monoisotopic (exact) mass is 381 g/mol. The quantitative estimate of drug-likeness (QED) is 0.683. The molecule has 0 spiro atoms. The maximum Gasteiger partial charge on any atom is 0.271 e. The summed E-state index contributed by atoms with van der Waals surface area (Å²) in [6.45, 7) is 2.21. The van der Waals surface area contributed by atoms with Gasteiger partial charge in [0.1, 0.15) is 5.82 Å². The molecular weight excluding hydrogens is 361 g/mol. The van der Waals surface area contributed by atoms with Gasteiger partial charge in [-0.1, -0.05) is 37.3 Å². The molecule has 1 aromatic heterocycles. The van der Waals surface area contributed by atoms with Crippen LogP contribution in [-0.2, 0) is 11.3 Å². The van der Waals surface area contributed by atoms with E-state index in [1.165, 1.54) is 36.4 Å². The number of amides is 1. The van der Waals surface area contributed by atoms with Crippen molar-refractivity contribution in [3.05, 3.63) is 88.5 Å². The van der Waals surface area contributed by atoms with E-state index < -0.39 is 11.9 Å². The molecule has 2 aromatic carbocycles. The lowest BCUT2D eigenvalue weighted by Gasteiger charge is -2.17. The summed E-state index contributed by atoms with van der Waals surface area (Å²) in [6, 6.07) is 17.6. The Hall–Kier alpha value is -3.48. The molecule has 3 aromatic rings. The van der Waals surface area contributed by atoms with Gasteiger partial charge >= 0.3 is 0 Å². The van der Waals surface area contributed by atoms with Crippen molar-refractivity contribution in [3.8, 4) is 11.6 Å². The maximum absolute atomic E-state index is 13.1. The summed E-state index contributed by atoms with van der Waals surface area (Å²) in [5, 5.41) is 6.97. The number of nitrogens with one attached hydrogen (secondary N) is 1. The minimum absolute atomic E-state index is 0.130. The summed E-state index contributed by atoms with van der Waals surface area (Å²) in [6.07, 6.45) is -0.326. The molecule has 28 heavy (non-hydrogen) atoms. The van der Waals surface area contributed by atoms with Gasteiger partial charge in [-0.15, -0.1) is 5.10 Å². The van der Waals surface area contributed by atoms with Crippen molar-refractivity contribution < 1.29 is 13.9 Å². The second-order valence-electron chi connectivity index (χ2n) is 6.12. The lowest BCUT2D eigenvalue weighted by Crippen LogP contribution is -2.38. The Balaban J connectivity index is 1.72. The zero-order valence-electron chi connectivity index (χ0n) is 15.3. The van der Waals surface area contributed by atoms with E-state index >= 15 is 0 Å². The van der Waals surface area contributed by atoms with Gasteiger partial charge in [0, 0.05) is 18.7 Å². The third kappa shape index (κ3) is 4.82. The molecule has 1 heterocycles. The van der Waals surface area contributed by atoms with Gasteiger partial charge in [-0.3, -0.25) is 9.59 Å². The van der Waals surface area contributed by atoms with Crippen LogP contribution in [0.5, 0.6) is 5.88 Å². The van der Waals surface area contributed by atoms with Gasteiger partial charge in [-0.25, -0.2) is 4.39 Å². The number of hydrogen-bond acceptors (Lipinski definition) is 4. The number of ether oxygens (including phenoxy) is 1. The number of aromatic nitrogens is 2. The molecule has 1 amide bonds. The first-order chi connectivity index (χ1) is 13.6. The second kappa shape index (κ2) is 8.94. The van der Waals surface area contributed by atoms with E-state index in [-0.39, 0.29) is 17.3 Å². The van der Waals surface area contributed by atoms with Gasteiger partial charge in [-0.05, 0) is 36.2 Å². The molecule has 144 valence electrons. The Bertz CT molecular complexity index is 988. The molecule has 0 bridgehead atoms. The van der Waals surface area contributed by atoms with Crippen molar-refractivity contribution in [3.63, 3.8) is 0 Å². The van der Waals surface area contributed by atoms with E-state index in [1.54, 1.807) is 0 Å². The van der Waals surface area contributed by atoms with Crippen LogP contribution in [0.25, 0.3) is 5.69 Å². The van der Waals surface area contributed by atoms with Crippen LogP contribution in [0.1, 0.15) is 18.9 Å². The summed E-state index contributed by atoms with van der Waals surface area (Å²) < 4.78 is 19.9. The van der Waals surface area contributed by atoms with Crippen molar-refractivity contribution in [2.24, 2.45) is 0 Å². The van der Waals surface area contributed by atoms with Crippen LogP contribution in [-0.4, -0.2) is 21.8 Å². The molecule has 7 heteroatoms. The molecule has 0 saturated heterocycles. The Morgan fingerprint density at radius 1 is 1.11 bits per heavy atom. The van der Waals surface area contributed by atoms with Crippen LogP contribution in [0.3, 0.4) is 0 Å². The lowest BCUT2D eigenvalue weighted by molar-refractivity contribution is -0.128. The standard InChI is InChI=1S/C21H20FN3O3/c1-2-18(21(27)23-14-15-6-4-3-5-7-15)28-19-12-13-20(26)25(24-19)17-10-8-16(22)9-11-17/h3-13,18H,2,14H2,1H3,(H,23,27)/t18-/m0/s1. The van der Waals surface area contributed by atoms with E-state index in [4.69, 9.17) is 4.74 Å². The van der Waals surface area contributed by atoms with Crippen molar-refractivity contribution in [1.29, 1.82) is 0 Å². The summed E-state index contributed by atoms with van der Waals surface area (Å²) in [5.41, 5.74) is 0.993. The van der Waals surface area contributed by atoms with Crippen LogP contribution < -0.4 is 15.6 Å². The van der Waals surface area contributed by atoms with Gasteiger partial charge in [0.05, 0.1) is 5.69 Å². The number of nitrogens with zero attached hydrogens (tertiary/aromatic N) is 2. The fourth-order valence-corrected chi connectivity index (χ4v) is 2.59. The third-order valence-corrected chi connectivity index (χ3v) is 4.08. The molecule has 6 nitrogen and oxygen atoms in total. The van der Waals surface area contributed by atoms with Crippen LogP contribution in [0, 0.1) is 5.82 Å². The van der Waals surface area contributed by atoms with Gasteiger partial charge in [0.2, 0.25) is 5.88 Å². The zero-order valence-corrected chi connectivity index (χ0v) is 15.3. The average Bonchev–Trinajstić information content (AvgIpc) is 2.73.